The third-order valence-corrected chi connectivity index (χ3v) is 3.35. The van der Waals surface area contributed by atoms with E-state index in [1.54, 1.807) is 0 Å². The Kier molecular flexibility index (Phi) is 13.4. The van der Waals surface area contributed by atoms with Crippen molar-refractivity contribution < 1.29 is 4.79 Å². The van der Waals surface area contributed by atoms with Gasteiger partial charge >= 0.3 is 0 Å². The highest BCUT2D eigenvalue weighted by atomic mass is 31.0. The molecule has 21 heavy (non-hydrogen) atoms. The molecule has 1 aromatic heterocycles. The molecule has 0 saturated carbocycles. The van der Waals surface area contributed by atoms with Gasteiger partial charge in [-0.1, -0.05) is 32.4 Å². The summed E-state index contributed by atoms with van der Waals surface area (Å²) in [5.41, 5.74) is 1.01. The molecule has 0 aliphatic carbocycles. The average Bonchev–Trinajstić information content (AvgIpc) is 2.98. The van der Waals surface area contributed by atoms with E-state index in [1.165, 1.54) is 6.42 Å². The van der Waals surface area contributed by atoms with Crippen molar-refractivity contribution in [3.8, 4) is 0 Å². The van der Waals surface area contributed by atoms with Gasteiger partial charge in [-0.2, -0.15) is 0 Å². The number of carbonyl (C=O) groups is 1. The third kappa shape index (κ3) is 10.4. The summed E-state index contributed by atoms with van der Waals surface area (Å²) >= 11 is 0. The molecular weight excluding hydrogens is 283 g/mol. The summed E-state index contributed by atoms with van der Waals surface area (Å²) in [6, 6.07) is 0. The van der Waals surface area contributed by atoms with E-state index < -0.39 is 0 Å². The Hall–Kier alpha value is -0.960. The van der Waals surface area contributed by atoms with Crippen molar-refractivity contribution in [2.24, 2.45) is 0 Å². The zero-order chi connectivity index (χ0) is 15.9. The lowest BCUT2D eigenvalue weighted by molar-refractivity contribution is -0.121. The van der Waals surface area contributed by atoms with Gasteiger partial charge < -0.3 is 5.32 Å². The highest BCUT2D eigenvalue weighted by Crippen LogP contribution is 2.02. The van der Waals surface area contributed by atoms with Crippen LogP contribution in [0.1, 0.15) is 58.6 Å². The molecule has 0 radical (unpaired) electrons. The predicted molar refractivity (Wildman–Crippen MR) is 91.4 cm³/mol. The molecule has 1 amide bonds. The fourth-order valence-corrected chi connectivity index (χ4v) is 2.06. The molecule has 122 valence electrons. The van der Waals surface area contributed by atoms with Gasteiger partial charge in [0.1, 0.15) is 0 Å². The van der Waals surface area contributed by atoms with Crippen molar-refractivity contribution in [2.75, 3.05) is 12.7 Å². The van der Waals surface area contributed by atoms with Crippen LogP contribution < -0.4 is 5.32 Å². The molecule has 1 unspecified atom stereocenters. The first-order chi connectivity index (χ1) is 10.3. The van der Waals surface area contributed by atoms with E-state index in [1.807, 2.05) is 24.7 Å². The summed E-state index contributed by atoms with van der Waals surface area (Å²) in [5.74, 6) is 0.164. The number of hydrogen-bond acceptors (Lipinski definition) is 3. The van der Waals surface area contributed by atoms with E-state index in [9.17, 15) is 4.79 Å². The van der Waals surface area contributed by atoms with Crippen LogP contribution in [-0.2, 0) is 17.8 Å². The van der Waals surface area contributed by atoms with Gasteiger partial charge in [-0.05, 0) is 31.8 Å². The van der Waals surface area contributed by atoms with E-state index >= 15 is 0 Å². The fraction of sp³-hybridized carbons (Fsp3) is 0.800. The van der Waals surface area contributed by atoms with Crippen LogP contribution >= 0.6 is 9.24 Å². The smallest absolute Gasteiger partial charge is 0.219 e. The molecule has 5 nitrogen and oxygen atoms in total. The van der Waals surface area contributed by atoms with Crippen LogP contribution in [0.4, 0.5) is 0 Å². The Morgan fingerprint density at radius 2 is 2.05 bits per heavy atom. The van der Waals surface area contributed by atoms with Gasteiger partial charge in [0.25, 0.3) is 0 Å². The number of nitrogens with one attached hydrogen (secondary N) is 1. The maximum absolute atomic E-state index is 11.5. The normalized spacial score (nSPS) is 9.90. The van der Waals surface area contributed by atoms with Crippen molar-refractivity contribution in [1.29, 1.82) is 0 Å². The van der Waals surface area contributed by atoms with Crippen molar-refractivity contribution in [1.82, 2.24) is 20.3 Å². The van der Waals surface area contributed by atoms with Crippen molar-refractivity contribution >= 4 is 15.1 Å². The van der Waals surface area contributed by atoms with Gasteiger partial charge in [0, 0.05) is 25.7 Å². The van der Waals surface area contributed by atoms with Crippen LogP contribution in [0.3, 0.4) is 0 Å². The van der Waals surface area contributed by atoms with E-state index in [2.05, 4.69) is 31.8 Å². The first-order valence-corrected chi connectivity index (χ1v) is 8.93. The highest BCUT2D eigenvalue weighted by Gasteiger charge is 2.01. The SMILES string of the molecule is CC.CCc1cn(CCCNC(=O)CCCCCP)nn1. The Morgan fingerprint density at radius 1 is 1.29 bits per heavy atom. The van der Waals surface area contributed by atoms with Gasteiger partial charge in [0.2, 0.25) is 5.91 Å². The fourth-order valence-electron chi connectivity index (χ4n) is 1.77. The monoisotopic (exact) mass is 314 g/mol. The molecule has 0 aliphatic heterocycles. The molecule has 0 aliphatic rings. The molecule has 1 aromatic rings. The number of rotatable bonds is 10. The minimum absolute atomic E-state index is 0.164. The van der Waals surface area contributed by atoms with Crippen molar-refractivity contribution in [2.45, 2.75) is 65.8 Å². The standard InChI is InChI=1S/C13H25N4OP.C2H6/c1-2-12-11-17(16-15-12)9-6-8-14-13(18)7-4-3-5-10-19;1-2/h11H,2-10,19H2,1H3,(H,14,18);1-2H3. The quantitative estimate of drug-likeness (QED) is 0.533. The van der Waals surface area contributed by atoms with Gasteiger partial charge in [0.05, 0.1) is 5.69 Å². The van der Waals surface area contributed by atoms with Crippen molar-refractivity contribution in [3.63, 3.8) is 0 Å². The minimum atomic E-state index is 0.164. The largest absolute Gasteiger partial charge is 0.356 e. The summed E-state index contributed by atoms with van der Waals surface area (Å²) in [4.78, 5) is 11.5. The number of carbonyl (C=O) groups excluding carboxylic acids is 1. The molecule has 6 heteroatoms. The first kappa shape index (κ1) is 20.0. The average molecular weight is 314 g/mol. The molecule has 1 atom stereocenters. The molecule has 0 saturated heterocycles. The lowest BCUT2D eigenvalue weighted by Gasteiger charge is -2.05. The molecular formula is C15H31N4OP. The van der Waals surface area contributed by atoms with E-state index in [0.29, 0.717) is 13.0 Å². The zero-order valence-electron chi connectivity index (χ0n) is 13.8. The molecule has 0 spiro atoms. The zero-order valence-corrected chi connectivity index (χ0v) is 14.9. The van der Waals surface area contributed by atoms with Crippen LogP contribution in [0.5, 0.6) is 0 Å². The summed E-state index contributed by atoms with van der Waals surface area (Å²) in [5, 5.41) is 11.0. The van der Waals surface area contributed by atoms with Crippen LogP contribution in [0.25, 0.3) is 0 Å². The van der Waals surface area contributed by atoms with Crippen LogP contribution in [0.2, 0.25) is 0 Å². The number of nitrogens with zero attached hydrogens (tertiary/aromatic N) is 3. The second-order valence-corrected chi connectivity index (χ2v) is 5.21. The van der Waals surface area contributed by atoms with E-state index in [4.69, 9.17) is 0 Å². The maximum Gasteiger partial charge on any atom is 0.219 e. The molecule has 0 fully saturated rings. The van der Waals surface area contributed by atoms with Crippen LogP contribution in [-0.4, -0.2) is 33.6 Å². The number of hydrogen-bond donors (Lipinski definition) is 1. The molecule has 1 rings (SSSR count). The summed E-state index contributed by atoms with van der Waals surface area (Å²) in [7, 11) is 2.71. The topological polar surface area (TPSA) is 59.8 Å². The van der Waals surface area contributed by atoms with E-state index in [-0.39, 0.29) is 5.91 Å². The molecule has 1 N–H and O–H groups in total. The summed E-state index contributed by atoms with van der Waals surface area (Å²) in [6.45, 7) is 7.58. The van der Waals surface area contributed by atoms with Gasteiger partial charge in [0.15, 0.2) is 0 Å². The Balaban J connectivity index is 0.00000191. The number of aryl methyl sites for hydroxylation is 2. The molecule has 0 aromatic carbocycles. The highest BCUT2D eigenvalue weighted by molar-refractivity contribution is 7.16. The van der Waals surface area contributed by atoms with E-state index in [0.717, 1.165) is 44.1 Å². The van der Waals surface area contributed by atoms with Crippen LogP contribution in [0.15, 0.2) is 6.20 Å². The second kappa shape index (κ2) is 14.0. The minimum Gasteiger partial charge on any atom is -0.356 e. The number of unbranched alkanes of at least 4 members (excludes halogenated alkanes) is 2. The Labute approximate surface area is 131 Å². The van der Waals surface area contributed by atoms with Gasteiger partial charge in [-0.25, -0.2) is 0 Å². The van der Waals surface area contributed by atoms with Crippen molar-refractivity contribution in [3.05, 3.63) is 11.9 Å². The Bertz CT molecular complexity index is 368. The molecule has 0 bridgehead atoms. The lowest BCUT2D eigenvalue weighted by Crippen LogP contribution is -2.24. The van der Waals surface area contributed by atoms with Gasteiger partial charge in [-0.3, -0.25) is 9.48 Å². The Morgan fingerprint density at radius 3 is 2.67 bits per heavy atom. The maximum atomic E-state index is 11.5. The first-order valence-electron chi connectivity index (χ1n) is 8.12. The second-order valence-electron chi connectivity index (χ2n) is 4.63. The van der Waals surface area contributed by atoms with Crippen LogP contribution in [0, 0.1) is 0 Å². The number of aromatic nitrogens is 3. The summed E-state index contributed by atoms with van der Waals surface area (Å²) in [6.07, 6.45) is 8.84. The predicted octanol–water partition coefficient (Wildman–Crippen LogP) is 2.81. The molecule has 1 heterocycles. The number of amides is 1. The van der Waals surface area contributed by atoms with Gasteiger partial charge in [-0.15, -0.1) is 14.3 Å². The lowest BCUT2D eigenvalue weighted by atomic mass is 10.2. The third-order valence-electron chi connectivity index (χ3n) is 2.94. The summed E-state index contributed by atoms with van der Waals surface area (Å²) < 4.78 is 1.84.